The summed E-state index contributed by atoms with van der Waals surface area (Å²) < 4.78 is 7.21. The van der Waals surface area contributed by atoms with E-state index in [9.17, 15) is 4.79 Å². The second kappa shape index (κ2) is 4.48. The van der Waals surface area contributed by atoms with Crippen LogP contribution >= 0.6 is 11.6 Å². The molecule has 2 aromatic heterocycles. The molecule has 4 nitrogen and oxygen atoms in total. The van der Waals surface area contributed by atoms with Crippen LogP contribution in [0, 0.1) is 0 Å². The summed E-state index contributed by atoms with van der Waals surface area (Å²) in [5.41, 5.74) is 0.987. The Kier molecular flexibility index (Phi) is 2.80. The monoisotopic (exact) mass is 275 g/mol. The first kappa shape index (κ1) is 11.9. The summed E-state index contributed by atoms with van der Waals surface area (Å²) in [7, 11) is 0. The molecule has 0 amide bonds. The van der Waals surface area contributed by atoms with Crippen LogP contribution in [0.5, 0.6) is 0 Å². The maximum Gasteiger partial charge on any atom is 0.371 e. The Morgan fingerprint density at radius 3 is 2.84 bits per heavy atom. The van der Waals surface area contributed by atoms with Crippen LogP contribution in [0.15, 0.2) is 47.0 Å². The number of fused-ring (bicyclic) bond motifs is 1. The molecule has 2 heterocycles. The van der Waals surface area contributed by atoms with Crippen LogP contribution in [0.1, 0.15) is 16.3 Å². The van der Waals surface area contributed by atoms with Crippen molar-refractivity contribution in [3.63, 3.8) is 0 Å². The lowest BCUT2D eigenvalue weighted by atomic mass is 10.2. The fourth-order valence-corrected chi connectivity index (χ4v) is 2.21. The van der Waals surface area contributed by atoms with Crippen LogP contribution < -0.4 is 0 Å². The Balaban J connectivity index is 1.96. The van der Waals surface area contributed by atoms with Crippen LogP contribution in [-0.4, -0.2) is 15.6 Å². The number of carbonyl (C=O) groups is 1. The molecule has 0 aliphatic rings. The largest absolute Gasteiger partial charge is 0.475 e. The number of hydrogen-bond acceptors (Lipinski definition) is 2. The number of nitrogens with zero attached hydrogens (tertiary/aromatic N) is 1. The maximum absolute atomic E-state index is 10.8. The third-order valence-corrected chi connectivity index (χ3v) is 3.17. The van der Waals surface area contributed by atoms with Crippen LogP contribution in [-0.2, 0) is 6.54 Å². The minimum Gasteiger partial charge on any atom is -0.475 e. The second-order valence-corrected chi connectivity index (χ2v) is 4.65. The van der Waals surface area contributed by atoms with E-state index in [1.165, 1.54) is 6.07 Å². The molecule has 0 fully saturated rings. The van der Waals surface area contributed by atoms with Crippen molar-refractivity contribution in [3.8, 4) is 0 Å². The number of carboxylic acids is 1. The summed E-state index contributed by atoms with van der Waals surface area (Å²) in [6.07, 6.45) is 1.92. The predicted octanol–water partition coefficient (Wildman–Crippen LogP) is 3.63. The Labute approximate surface area is 113 Å². The average Bonchev–Trinajstić information content (AvgIpc) is 2.98. The van der Waals surface area contributed by atoms with Gasteiger partial charge >= 0.3 is 5.97 Å². The standard InChI is InChI=1S/C14H10ClNO3/c15-10-2-1-9-5-6-16(12(9)7-10)8-11-3-4-13(19-11)14(17)18/h1-7H,8H2,(H,17,18). The van der Waals surface area contributed by atoms with Crippen molar-refractivity contribution in [1.82, 2.24) is 4.57 Å². The number of halogens is 1. The van der Waals surface area contributed by atoms with Crippen molar-refractivity contribution in [2.45, 2.75) is 6.54 Å². The van der Waals surface area contributed by atoms with Crippen molar-refractivity contribution in [1.29, 1.82) is 0 Å². The molecule has 3 rings (SSSR count). The first-order chi connectivity index (χ1) is 9.13. The summed E-state index contributed by atoms with van der Waals surface area (Å²) in [6, 6.07) is 10.8. The highest BCUT2D eigenvalue weighted by Gasteiger charge is 2.10. The van der Waals surface area contributed by atoms with Crippen molar-refractivity contribution >= 4 is 28.5 Å². The van der Waals surface area contributed by atoms with Gasteiger partial charge in [0, 0.05) is 16.7 Å². The quantitative estimate of drug-likeness (QED) is 0.794. The van der Waals surface area contributed by atoms with E-state index in [-0.39, 0.29) is 5.76 Å². The first-order valence-electron chi connectivity index (χ1n) is 5.70. The van der Waals surface area contributed by atoms with E-state index < -0.39 is 5.97 Å². The highest BCUT2D eigenvalue weighted by atomic mass is 35.5. The number of rotatable bonds is 3. The molecule has 0 aliphatic heterocycles. The van der Waals surface area contributed by atoms with E-state index in [4.69, 9.17) is 21.1 Å². The first-order valence-corrected chi connectivity index (χ1v) is 6.08. The molecule has 0 aliphatic carbocycles. The van der Waals surface area contributed by atoms with E-state index in [1.54, 1.807) is 6.07 Å². The van der Waals surface area contributed by atoms with Crippen LogP contribution in [0.2, 0.25) is 5.02 Å². The van der Waals surface area contributed by atoms with E-state index in [2.05, 4.69) is 0 Å². The third-order valence-electron chi connectivity index (χ3n) is 2.93. The summed E-state index contributed by atoms with van der Waals surface area (Å²) in [6.45, 7) is 0.469. The molecule has 1 N–H and O–H groups in total. The third kappa shape index (κ3) is 2.22. The van der Waals surface area contributed by atoms with Gasteiger partial charge in [-0.2, -0.15) is 0 Å². The molecule has 96 valence electrons. The van der Waals surface area contributed by atoms with Gasteiger partial charge in [-0.15, -0.1) is 0 Å². The van der Waals surface area contributed by atoms with Gasteiger partial charge in [0.05, 0.1) is 6.54 Å². The molecule has 1 aromatic carbocycles. The lowest BCUT2D eigenvalue weighted by Crippen LogP contribution is -1.97. The van der Waals surface area contributed by atoms with Gasteiger partial charge in [-0.3, -0.25) is 0 Å². The molecular formula is C14H10ClNO3. The minimum absolute atomic E-state index is 0.0514. The summed E-state index contributed by atoms with van der Waals surface area (Å²) >= 11 is 5.98. The van der Waals surface area contributed by atoms with Crippen molar-refractivity contribution in [3.05, 3.63) is 59.1 Å². The summed E-state index contributed by atoms with van der Waals surface area (Å²) in [5.74, 6) is -0.522. The Morgan fingerprint density at radius 2 is 2.11 bits per heavy atom. The number of furan rings is 1. The van der Waals surface area contributed by atoms with Crippen molar-refractivity contribution in [2.75, 3.05) is 0 Å². The fourth-order valence-electron chi connectivity index (χ4n) is 2.04. The van der Waals surface area contributed by atoms with Gasteiger partial charge in [0.15, 0.2) is 0 Å². The zero-order chi connectivity index (χ0) is 13.4. The molecule has 0 saturated carbocycles. The topological polar surface area (TPSA) is 55.4 Å². The molecule has 0 saturated heterocycles. The Hall–Kier alpha value is -2.20. The van der Waals surface area contributed by atoms with Gasteiger partial charge in [-0.05, 0) is 35.7 Å². The van der Waals surface area contributed by atoms with Gasteiger partial charge in [0.2, 0.25) is 5.76 Å². The van der Waals surface area contributed by atoms with Gasteiger partial charge in [0.1, 0.15) is 5.76 Å². The van der Waals surface area contributed by atoms with Crippen molar-refractivity contribution < 1.29 is 14.3 Å². The summed E-state index contributed by atoms with van der Waals surface area (Å²) in [4.78, 5) is 10.8. The Morgan fingerprint density at radius 1 is 1.26 bits per heavy atom. The molecule has 0 radical (unpaired) electrons. The zero-order valence-corrected chi connectivity index (χ0v) is 10.6. The smallest absolute Gasteiger partial charge is 0.371 e. The average molecular weight is 276 g/mol. The van der Waals surface area contributed by atoms with E-state index in [1.807, 2.05) is 35.0 Å². The van der Waals surface area contributed by atoms with Gasteiger partial charge in [0.25, 0.3) is 0 Å². The molecule has 0 spiro atoms. The molecule has 5 heteroatoms. The number of aromatic carboxylic acids is 1. The normalized spacial score (nSPS) is 11.0. The minimum atomic E-state index is -1.06. The number of carboxylic acid groups (broad SMARTS) is 1. The molecular weight excluding hydrogens is 266 g/mol. The molecule has 0 unspecified atom stereocenters. The Bertz CT molecular complexity index is 757. The van der Waals surface area contributed by atoms with E-state index in [0.29, 0.717) is 17.3 Å². The number of aromatic nitrogens is 1. The van der Waals surface area contributed by atoms with Crippen LogP contribution in [0.4, 0.5) is 0 Å². The SMILES string of the molecule is O=C(O)c1ccc(Cn2ccc3ccc(Cl)cc32)o1. The second-order valence-electron chi connectivity index (χ2n) is 4.22. The van der Waals surface area contributed by atoms with Crippen LogP contribution in [0.25, 0.3) is 10.9 Å². The summed E-state index contributed by atoms with van der Waals surface area (Å²) in [5, 5.41) is 10.6. The number of benzene rings is 1. The van der Waals surface area contributed by atoms with E-state index >= 15 is 0 Å². The predicted molar refractivity (Wildman–Crippen MR) is 71.7 cm³/mol. The van der Waals surface area contributed by atoms with Crippen molar-refractivity contribution in [2.24, 2.45) is 0 Å². The molecule has 19 heavy (non-hydrogen) atoms. The highest BCUT2D eigenvalue weighted by molar-refractivity contribution is 6.31. The van der Waals surface area contributed by atoms with Crippen LogP contribution in [0.3, 0.4) is 0 Å². The van der Waals surface area contributed by atoms with Gasteiger partial charge in [-0.1, -0.05) is 17.7 Å². The van der Waals surface area contributed by atoms with Gasteiger partial charge < -0.3 is 14.1 Å². The molecule has 3 aromatic rings. The van der Waals surface area contributed by atoms with Gasteiger partial charge in [-0.25, -0.2) is 4.79 Å². The molecule has 0 bridgehead atoms. The number of hydrogen-bond donors (Lipinski definition) is 1. The van der Waals surface area contributed by atoms with E-state index in [0.717, 1.165) is 10.9 Å². The maximum atomic E-state index is 10.8. The fraction of sp³-hybridized carbons (Fsp3) is 0.0714. The molecule has 0 atom stereocenters. The zero-order valence-electron chi connectivity index (χ0n) is 9.84. The highest BCUT2D eigenvalue weighted by Crippen LogP contribution is 2.22. The lowest BCUT2D eigenvalue weighted by molar-refractivity contribution is 0.0660. The lowest BCUT2D eigenvalue weighted by Gasteiger charge is -2.03.